The summed E-state index contributed by atoms with van der Waals surface area (Å²) in [7, 11) is 1.56. The van der Waals surface area contributed by atoms with Crippen molar-refractivity contribution in [3.05, 3.63) is 40.4 Å². The van der Waals surface area contributed by atoms with Crippen LogP contribution in [0.5, 0.6) is 5.75 Å². The molecule has 0 atom stereocenters. The summed E-state index contributed by atoms with van der Waals surface area (Å²) in [4.78, 5) is 12.4. The van der Waals surface area contributed by atoms with E-state index in [2.05, 4.69) is 6.08 Å². The molecule has 0 unspecified atom stereocenters. The average molecular weight is 265 g/mol. The van der Waals surface area contributed by atoms with E-state index in [1.165, 1.54) is 12.8 Å². The number of hydrogen-bond acceptors (Lipinski definition) is 2. The highest BCUT2D eigenvalue weighted by atomic mass is 35.5. The van der Waals surface area contributed by atoms with E-state index < -0.39 is 0 Å². The molecule has 2 nitrogen and oxygen atoms in total. The quantitative estimate of drug-likeness (QED) is 0.756. The van der Waals surface area contributed by atoms with Crippen LogP contribution in [-0.4, -0.2) is 12.9 Å². The fraction of sp³-hybridized carbons (Fsp3) is 0.400. The largest absolute Gasteiger partial charge is 0.495 e. The highest BCUT2D eigenvalue weighted by Crippen LogP contribution is 2.27. The summed E-state index contributed by atoms with van der Waals surface area (Å²) in [5.74, 6) is 0.656. The van der Waals surface area contributed by atoms with Gasteiger partial charge in [-0.25, -0.2) is 0 Å². The van der Waals surface area contributed by atoms with Gasteiger partial charge in [-0.15, -0.1) is 0 Å². The first-order valence-corrected chi connectivity index (χ1v) is 6.67. The number of carbonyl (C=O) groups is 1. The van der Waals surface area contributed by atoms with Gasteiger partial charge in [-0.1, -0.05) is 24.1 Å². The molecule has 18 heavy (non-hydrogen) atoms. The van der Waals surface area contributed by atoms with Gasteiger partial charge in [-0.3, -0.25) is 4.79 Å². The highest BCUT2D eigenvalue weighted by molar-refractivity contribution is 6.32. The second kappa shape index (κ2) is 6.05. The van der Waals surface area contributed by atoms with Crippen molar-refractivity contribution in [2.45, 2.75) is 32.1 Å². The molecule has 1 aromatic carbocycles. The summed E-state index contributed by atoms with van der Waals surface area (Å²) in [5.41, 5.74) is 1.58. The first-order chi connectivity index (χ1) is 8.72. The van der Waals surface area contributed by atoms with E-state index in [4.69, 9.17) is 16.3 Å². The fourth-order valence-corrected chi connectivity index (χ4v) is 2.40. The van der Waals surface area contributed by atoms with Gasteiger partial charge >= 0.3 is 0 Å². The van der Waals surface area contributed by atoms with Crippen molar-refractivity contribution < 1.29 is 9.53 Å². The zero-order chi connectivity index (χ0) is 13.0. The van der Waals surface area contributed by atoms with Crippen molar-refractivity contribution in [2.75, 3.05) is 7.11 Å². The maximum absolute atomic E-state index is 12.4. The lowest BCUT2D eigenvalue weighted by atomic mass is 9.99. The lowest BCUT2D eigenvalue weighted by Gasteiger charge is -2.08. The maximum Gasteiger partial charge on any atom is 0.188 e. The Morgan fingerprint density at radius 1 is 1.28 bits per heavy atom. The molecule has 3 heteroatoms. The molecule has 1 aliphatic rings. The van der Waals surface area contributed by atoms with Gasteiger partial charge in [0, 0.05) is 5.56 Å². The predicted octanol–water partition coefficient (Wildman–Crippen LogP) is 4.42. The Kier molecular flexibility index (Phi) is 4.43. The number of allylic oxidation sites excluding steroid dienone is 2. The van der Waals surface area contributed by atoms with Crippen molar-refractivity contribution in [1.82, 2.24) is 0 Å². The van der Waals surface area contributed by atoms with E-state index in [-0.39, 0.29) is 5.78 Å². The molecule has 2 rings (SSSR count). The molecule has 0 saturated heterocycles. The van der Waals surface area contributed by atoms with Gasteiger partial charge in [0.05, 0.1) is 12.1 Å². The van der Waals surface area contributed by atoms with E-state index in [1.807, 2.05) is 0 Å². The molecular formula is C15H17ClO2. The van der Waals surface area contributed by atoms with Gasteiger partial charge in [0.25, 0.3) is 0 Å². The first-order valence-electron chi connectivity index (χ1n) is 6.29. The lowest BCUT2D eigenvalue weighted by Crippen LogP contribution is -2.03. The molecule has 0 bridgehead atoms. The van der Waals surface area contributed by atoms with Crippen LogP contribution in [0.1, 0.15) is 42.5 Å². The minimum absolute atomic E-state index is 0.104. The standard InChI is InChI=1S/C15H17ClO2/c1-18-14-10-12(8-9-13(14)16)15(17)11-6-4-2-3-5-7-11/h6,8-10H,2-5,7H2,1H3. The van der Waals surface area contributed by atoms with Gasteiger partial charge in [-0.05, 0) is 49.5 Å². The number of Topliss-reactive ketones (excluding diaryl/α,β-unsaturated/α-hetero) is 1. The third kappa shape index (κ3) is 2.94. The summed E-state index contributed by atoms with van der Waals surface area (Å²) in [6.07, 6.45) is 7.45. The Morgan fingerprint density at radius 3 is 2.89 bits per heavy atom. The Balaban J connectivity index is 2.25. The summed E-state index contributed by atoms with van der Waals surface area (Å²) in [6, 6.07) is 5.19. The second-order valence-corrected chi connectivity index (χ2v) is 4.91. The van der Waals surface area contributed by atoms with Gasteiger partial charge in [0.2, 0.25) is 0 Å². The Bertz CT molecular complexity index is 477. The Hall–Kier alpha value is -1.28. The Labute approximate surface area is 113 Å². The minimum atomic E-state index is 0.104. The smallest absolute Gasteiger partial charge is 0.188 e. The van der Waals surface area contributed by atoms with Crippen molar-refractivity contribution in [1.29, 1.82) is 0 Å². The van der Waals surface area contributed by atoms with Crippen LogP contribution in [0.3, 0.4) is 0 Å². The van der Waals surface area contributed by atoms with Crippen LogP contribution < -0.4 is 4.74 Å². The van der Waals surface area contributed by atoms with Crippen LogP contribution in [0.2, 0.25) is 5.02 Å². The molecule has 0 spiro atoms. The topological polar surface area (TPSA) is 26.3 Å². The Morgan fingerprint density at radius 2 is 2.11 bits per heavy atom. The number of hydrogen-bond donors (Lipinski definition) is 0. The molecule has 1 aromatic rings. The van der Waals surface area contributed by atoms with Gasteiger partial charge < -0.3 is 4.74 Å². The summed E-state index contributed by atoms with van der Waals surface area (Å²) >= 11 is 5.96. The number of ketones is 1. The minimum Gasteiger partial charge on any atom is -0.495 e. The number of benzene rings is 1. The third-order valence-corrected chi connectivity index (χ3v) is 3.56. The van der Waals surface area contributed by atoms with Crippen molar-refractivity contribution in [3.8, 4) is 5.75 Å². The van der Waals surface area contributed by atoms with Crippen molar-refractivity contribution in [2.24, 2.45) is 0 Å². The first kappa shape index (κ1) is 13.2. The molecular weight excluding hydrogens is 248 g/mol. The monoisotopic (exact) mass is 264 g/mol. The molecule has 0 aromatic heterocycles. The average Bonchev–Trinajstić information content (AvgIpc) is 2.67. The number of ether oxygens (including phenoxy) is 1. The third-order valence-electron chi connectivity index (χ3n) is 3.25. The maximum atomic E-state index is 12.4. The van der Waals surface area contributed by atoms with E-state index in [9.17, 15) is 4.79 Å². The lowest BCUT2D eigenvalue weighted by molar-refractivity contribution is 0.103. The molecule has 0 radical (unpaired) electrons. The van der Waals surface area contributed by atoms with Gasteiger partial charge in [0.1, 0.15) is 5.75 Å². The molecule has 0 amide bonds. The van der Waals surface area contributed by atoms with Crippen LogP contribution in [0.25, 0.3) is 0 Å². The SMILES string of the molecule is COc1cc(C(=O)C2=CCCCCC2)ccc1Cl. The highest BCUT2D eigenvalue weighted by Gasteiger charge is 2.15. The van der Waals surface area contributed by atoms with Crippen molar-refractivity contribution in [3.63, 3.8) is 0 Å². The molecule has 0 N–H and O–H groups in total. The van der Waals surface area contributed by atoms with E-state index >= 15 is 0 Å². The van der Waals surface area contributed by atoms with Gasteiger partial charge in [-0.2, -0.15) is 0 Å². The molecule has 0 heterocycles. The van der Waals surface area contributed by atoms with Gasteiger partial charge in [0.15, 0.2) is 5.78 Å². The fourth-order valence-electron chi connectivity index (χ4n) is 2.21. The van der Waals surface area contributed by atoms with Crippen LogP contribution in [0.15, 0.2) is 29.8 Å². The zero-order valence-electron chi connectivity index (χ0n) is 10.5. The molecule has 1 aliphatic carbocycles. The summed E-state index contributed by atoms with van der Waals surface area (Å²) in [5, 5.41) is 0.531. The predicted molar refractivity (Wildman–Crippen MR) is 73.5 cm³/mol. The summed E-state index contributed by atoms with van der Waals surface area (Å²) in [6.45, 7) is 0. The molecule has 0 saturated carbocycles. The molecule has 0 fully saturated rings. The number of halogens is 1. The van der Waals surface area contributed by atoms with Crippen LogP contribution in [0.4, 0.5) is 0 Å². The van der Waals surface area contributed by atoms with E-state index in [0.717, 1.165) is 24.8 Å². The van der Waals surface area contributed by atoms with Crippen LogP contribution >= 0.6 is 11.6 Å². The van der Waals surface area contributed by atoms with Crippen LogP contribution in [0, 0.1) is 0 Å². The molecule has 0 aliphatic heterocycles. The summed E-state index contributed by atoms with van der Waals surface area (Å²) < 4.78 is 5.14. The van der Waals surface area contributed by atoms with Crippen molar-refractivity contribution >= 4 is 17.4 Å². The number of rotatable bonds is 3. The number of methoxy groups -OCH3 is 1. The second-order valence-electron chi connectivity index (χ2n) is 4.51. The molecule has 96 valence electrons. The number of carbonyl (C=O) groups excluding carboxylic acids is 1. The zero-order valence-corrected chi connectivity index (χ0v) is 11.3. The van der Waals surface area contributed by atoms with E-state index in [1.54, 1.807) is 25.3 Å². The van der Waals surface area contributed by atoms with E-state index in [0.29, 0.717) is 16.3 Å². The van der Waals surface area contributed by atoms with Crippen LogP contribution in [-0.2, 0) is 0 Å². The normalized spacial score (nSPS) is 15.8.